The van der Waals surface area contributed by atoms with Gasteiger partial charge in [-0.05, 0) is 55.3 Å². The summed E-state index contributed by atoms with van der Waals surface area (Å²) in [4.78, 5) is 37.7. The number of nitrogens with zero attached hydrogens (tertiary/aromatic N) is 4. The predicted octanol–water partition coefficient (Wildman–Crippen LogP) is 5.24. The summed E-state index contributed by atoms with van der Waals surface area (Å²) in [5, 5.41) is 1.07. The Morgan fingerprint density at radius 1 is 0.939 bits per heavy atom. The first-order valence-corrected chi connectivity index (χ1v) is 11.6. The Morgan fingerprint density at radius 2 is 1.64 bits per heavy atom. The van der Waals surface area contributed by atoms with E-state index < -0.39 is 0 Å². The van der Waals surface area contributed by atoms with Gasteiger partial charge in [-0.3, -0.25) is 19.1 Å². The highest BCUT2D eigenvalue weighted by Gasteiger charge is 2.23. The molecule has 0 atom stereocenters. The molecule has 2 aromatic heterocycles. The van der Waals surface area contributed by atoms with Gasteiger partial charge in [0.25, 0.3) is 11.5 Å². The molecule has 164 valence electrons. The maximum atomic E-state index is 13.7. The zero-order valence-corrected chi connectivity index (χ0v) is 19.2. The minimum atomic E-state index is -0.249. The fourth-order valence-electron chi connectivity index (χ4n) is 3.87. The number of carbonyl (C=O) groups excluding carboxylic acids is 1. The Bertz CT molecular complexity index is 1500. The summed E-state index contributed by atoms with van der Waals surface area (Å²) in [6, 6.07) is 22.9. The number of carbonyl (C=O) groups is 1. The van der Waals surface area contributed by atoms with Crippen LogP contribution in [0.25, 0.3) is 21.1 Å². The van der Waals surface area contributed by atoms with Crippen molar-refractivity contribution in [2.75, 3.05) is 4.90 Å². The number of aromatic nitrogens is 3. The normalized spacial score (nSPS) is 11.2. The molecular formula is C26H22N4O2S. The molecule has 2 heterocycles. The van der Waals surface area contributed by atoms with Crippen LogP contribution in [-0.2, 0) is 17.8 Å². The van der Waals surface area contributed by atoms with Crippen LogP contribution in [0.1, 0.15) is 18.3 Å². The van der Waals surface area contributed by atoms with Crippen molar-refractivity contribution >= 4 is 49.2 Å². The lowest BCUT2D eigenvalue weighted by Gasteiger charge is -2.21. The van der Waals surface area contributed by atoms with Crippen LogP contribution in [0.5, 0.6) is 0 Å². The first-order chi connectivity index (χ1) is 16.0. The number of amides is 1. The molecule has 0 saturated carbocycles. The molecule has 33 heavy (non-hydrogen) atoms. The molecule has 0 N–H and O–H groups in total. The van der Waals surface area contributed by atoms with E-state index in [2.05, 4.69) is 11.9 Å². The highest BCUT2D eigenvalue weighted by molar-refractivity contribution is 7.22. The molecule has 3 aromatic carbocycles. The van der Waals surface area contributed by atoms with Crippen LogP contribution in [0.2, 0.25) is 0 Å². The van der Waals surface area contributed by atoms with Crippen molar-refractivity contribution in [1.82, 2.24) is 14.5 Å². The van der Waals surface area contributed by atoms with Gasteiger partial charge in [0.15, 0.2) is 5.13 Å². The largest absolute Gasteiger partial charge is 0.287 e. The summed E-state index contributed by atoms with van der Waals surface area (Å²) in [7, 11) is 0. The Hall–Kier alpha value is -3.84. The van der Waals surface area contributed by atoms with E-state index in [4.69, 9.17) is 4.98 Å². The quantitative estimate of drug-likeness (QED) is 0.364. The van der Waals surface area contributed by atoms with Gasteiger partial charge < -0.3 is 0 Å². The molecule has 0 saturated heterocycles. The summed E-state index contributed by atoms with van der Waals surface area (Å²) >= 11 is 1.45. The average molecular weight is 455 g/mol. The maximum Gasteiger partial charge on any atom is 0.261 e. The second kappa shape index (κ2) is 8.60. The van der Waals surface area contributed by atoms with Gasteiger partial charge in [-0.15, -0.1) is 0 Å². The number of hydrogen-bond donors (Lipinski definition) is 0. The number of rotatable bonds is 5. The number of para-hydroxylation sites is 2. The number of hydrogen-bond acceptors (Lipinski definition) is 5. The molecule has 0 unspecified atom stereocenters. The lowest BCUT2D eigenvalue weighted by Crippen LogP contribution is -2.35. The van der Waals surface area contributed by atoms with Crippen LogP contribution >= 0.6 is 11.3 Å². The van der Waals surface area contributed by atoms with E-state index >= 15 is 0 Å². The molecule has 0 aliphatic rings. The minimum Gasteiger partial charge on any atom is -0.287 e. The van der Waals surface area contributed by atoms with E-state index in [0.29, 0.717) is 21.9 Å². The van der Waals surface area contributed by atoms with Gasteiger partial charge >= 0.3 is 0 Å². The third-order valence-electron chi connectivity index (χ3n) is 5.67. The predicted molar refractivity (Wildman–Crippen MR) is 133 cm³/mol. The van der Waals surface area contributed by atoms with Gasteiger partial charge in [-0.1, -0.05) is 54.7 Å². The van der Waals surface area contributed by atoms with Crippen molar-refractivity contribution < 1.29 is 4.79 Å². The molecule has 0 spiro atoms. The summed E-state index contributed by atoms with van der Waals surface area (Å²) in [6.07, 6.45) is 0.909. The average Bonchev–Trinajstić information content (AvgIpc) is 3.26. The SMILES string of the molecule is CCc1ccc(N(C(=O)Cn2c(C)nc3ccccc3c2=O)c2nc3ccccc3s2)cc1. The second-order valence-electron chi connectivity index (χ2n) is 7.78. The smallest absolute Gasteiger partial charge is 0.261 e. The first kappa shape index (κ1) is 21.0. The maximum absolute atomic E-state index is 13.7. The highest BCUT2D eigenvalue weighted by atomic mass is 32.1. The van der Waals surface area contributed by atoms with Crippen LogP contribution < -0.4 is 10.5 Å². The van der Waals surface area contributed by atoms with Gasteiger partial charge in [0, 0.05) is 0 Å². The second-order valence-corrected chi connectivity index (χ2v) is 8.79. The summed E-state index contributed by atoms with van der Waals surface area (Å²) in [5.41, 5.74) is 3.14. The molecule has 6 nitrogen and oxygen atoms in total. The van der Waals surface area contributed by atoms with Crippen LogP contribution in [0.4, 0.5) is 10.8 Å². The minimum absolute atomic E-state index is 0.131. The van der Waals surface area contributed by atoms with E-state index in [1.54, 1.807) is 30.0 Å². The van der Waals surface area contributed by atoms with Crippen LogP contribution in [0.3, 0.4) is 0 Å². The highest BCUT2D eigenvalue weighted by Crippen LogP contribution is 2.34. The molecule has 5 aromatic rings. The van der Waals surface area contributed by atoms with Crippen LogP contribution in [0, 0.1) is 6.92 Å². The monoisotopic (exact) mass is 454 g/mol. The molecule has 0 aliphatic carbocycles. The summed E-state index contributed by atoms with van der Waals surface area (Å²) in [5.74, 6) is 0.248. The van der Waals surface area contributed by atoms with Crippen molar-refractivity contribution in [2.24, 2.45) is 0 Å². The number of fused-ring (bicyclic) bond motifs is 2. The standard InChI is InChI=1S/C26H22N4O2S/c1-3-18-12-14-19(15-13-18)30(26-28-22-10-6-7-11-23(22)33-26)24(31)16-29-17(2)27-21-9-5-4-8-20(21)25(29)32/h4-15H,3,16H2,1-2H3. The van der Waals surface area contributed by atoms with E-state index in [0.717, 1.165) is 22.3 Å². The molecular weight excluding hydrogens is 432 g/mol. The fraction of sp³-hybridized carbons (Fsp3) is 0.154. The Labute approximate surface area is 194 Å². The summed E-state index contributed by atoms with van der Waals surface area (Å²) < 4.78 is 2.43. The zero-order valence-electron chi connectivity index (χ0n) is 18.4. The number of anilines is 2. The zero-order chi connectivity index (χ0) is 22.9. The lowest BCUT2D eigenvalue weighted by molar-refractivity contribution is -0.118. The van der Waals surface area contributed by atoms with E-state index in [1.165, 1.54) is 21.5 Å². The Kier molecular flexibility index (Phi) is 5.48. The van der Waals surface area contributed by atoms with Gasteiger partial charge in [-0.2, -0.15) is 0 Å². The number of thiazole rings is 1. The topological polar surface area (TPSA) is 68.1 Å². The van der Waals surface area contributed by atoms with Crippen LogP contribution in [0.15, 0.2) is 77.6 Å². The Morgan fingerprint density at radius 3 is 2.36 bits per heavy atom. The van der Waals surface area contributed by atoms with Crippen molar-refractivity contribution in [1.29, 1.82) is 0 Å². The van der Waals surface area contributed by atoms with Crippen molar-refractivity contribution in [3.63, 3.8) is 0 Å². The van der Waals surface area contributed by atoms with Gasteiger partial charge in [0.05, 0.1) is 26.8 Å². The van der Waals surface area contributed by atoms with Gasteiger partial charge in [0.1, 0.15) is 12.4 Å². The number of aryl methyl sites for hydroxylation is 2. The van der Waals surface area contributed by atoms with E-state index in [1.807, 2.05) is 54.6 Å². The van der Waals surface area contributed by atoms with Crippen molar-refractivity contribution in [3.8, 4) is 0 Å². The van der Waals surface area contributed by atoms with Crippen molar-refractivity contribution in [2.45, 2.75) is 26.8 Å². The molecule has 0 bridgehead atoms. The molecule has 0 aliphatic heterocycles. The van der Waals surface area contributed by atoms with Crippen LogP contribution in [-0.4, -0.2) is 20.4 Å². The molecule has 5 rings (SSSR count). The van der Waals surface area contributed by atoms with Gasteiger partial charge in [-0.25, -0.2) is 9.97 Å². The molecule has 0 radical (unpaired) electrons. The molecule has 7 heteroatoms. The molecule has 0 fully saturated rings. The van der Waals surface area contributed by atoms with E-state index in [9.17, 15) is 9.59 Å². The summed E-state index contributed by atoms with van der Waals surface area (Å²) in [6.45, 7) is 3.71. The van der Waals surface area contributed by atoms with E-state index in [-0.39, 0.29) is 18.0 Å². The lowest BCUT2D eigenvalue weighted by atomic mass is 10.1. The van der Waals surface area contributed by atoms with Crippen molar-refractivity contribution in [3.05, 3.63) is 94.5 Å². The third kappa shape index (κ3) is 3.91. The van der Waals surface area contributed by atoms with Gasteiger partial charge in [0.2, 0.25) is 0 Å². The Balaban J connectivity index is 1.60. The number of benzene rings is 3. The first-order valence-electron chi connectivity index (χ1n) is 10.8. The fourth-order valence-corrected chi connectivity index (χ4v) is 4.87. The molecule has 1 amide bonds. The third-order valence-corrected chi connectivity index (χ3v) is 6.69.